The zero-order valence-electron chi connectivity index (χ0n) is 8.36. The zero-order valence-corrected chi connectivity index (χ0v) is 8.36. The first kappa shape index (κ1) is 14.7. The molecule has 0 bridgehead atoms. The van der Waals surface area contributed by atoms with E-state index in [0.29, 0.717) is 0 Å². The third-order valence-electron chi connectivity index (χ3n) is 2.34. The number of esters is 2. The summed E-state index contributed by atoms with van der Waals surface area (Å²) in [5.74, 6) is -17.8. The van der Waals surface area contributed by atoms with Crippen molar-refractivity contribution in [1.29, 1.82) is 0 Å². The van der Waals surface area contributed by atoms with Gasteiger partial charge in [0.25, 0.3) is 0 Å². The Hall–Kier alpha value is -1.35. The van der Waals surface area contributed by atoms with Crippen LogP contribution in [0, 0.1) is 5.92 Å². The molecule has 0 spiro atoms. The maximum Gasteiger partial charge on any atom is 0.459 e. The molecular weight excluding hydrogens is 277 g/mol. The molecule has 0 radical (unpaired) electrons. The van der Waals surface area contributed by atoms with Crippen molar-refractivity contribution in [3.8, 4) is 0 Å². The lowest BCUT2D eigenvalue weighted by molar-refractivity contribution is -0.366. The van der Waals surface area contributed by atoms with E-state index in [1.165, 1.54) is 0 Å². The highest BCUT2D eigenvalue weighted by atomic mass is 19.4. The predicted octanol–water partition coefficient (Wildman–Crippen LogP) is 2.30. The van der Waals surface area contributed by atoms with E-state index in [9.17, 15) is 40.3 Å². The molecule has 1 heterocycles. The van der Waals surface area contributed by atoms with Crippen molar-refractivity contribution in [3.05, 3.63) is 0 Å². The van der Waals surface area contributed by atoms with Crippen LogP contribution in [0.1, 0.15) is 12.8 Å². The van der Waals surface area contributed by atoms with Crippen LogP contribution in [0.15, 0.2) is 0 Å². The van der Waals surface area contributed by atoms with Crippen molar-refractivity contribution in [2.24, 2.45) is 5.92 Å². The van der Waals surface area contributed by atoms with Crippen LogP contribution in [0.3, 0.4) is 0 Å². The molecule has 10 heteroatoms. The van der Waals surface area contributed by atoms with Gasteiger partial charge < -0.3 is 4.74 Å². The Balaban J connectivity index is 3.06. The minimum Gasteiger partial charge on any atom is -0.393 e. The smallest absolute Gasteiger partial charge is 0.393 e. The summed E-state index contributed by atoms with van der Waals surface area (Å²) < 4.78 is 90.7. The lowest BCUT2D eigenvalue weighted by atomic mass is 9.88. The SMILES string of the molecule is O=C1CC(C(F)(F)C(F)(F)C(F)(F)F)CC(=O)O1. The average Bonchev–Trinajstić information content (AvgIpc) is 2.13. The quantitative estimate of drug-likeness (QED) is 0.443. The van der Waals surface area contributed by atoms with Crippen molar-refractivity contribution in [3.63, 3.8) is 0 Å². The monoisotopic (exact) mass is 282 g/mol. The van der Waals surface area contributed by atoms with Crippen molar-refractivity contribution >= 4 is 11.9 Å². The highest BCUT2D eigenvalue weighted by Crippen LogP contribution is 2.51. The normalized spacial score (nSPS) is 19.9. The second kappa shape index (κ2) is 4.09. The second-order valence-corrected chi connectivity index (χ2v) is 3.65. The Bertz CT molecular complexity index is 357. The Morgan fingerprint density at radius 1 is 0.889 bits per heavy atom. The van der Waals surface area contributed by atoms with Crippen LogP contribution in [0.4, 0.5) is 30.7 Å². The third kappa shape index (κ3) is 2.27. The van der Waals surface area contributed by atoms with Gasteiger partial charge >= 0.3 is 30.0 Å². The number of carbonyl (C=O) groups excluding carboxylic acids is 2. The fourth-order valence-electron chi connectivity index (χ4n) is 1.39. The Morgan fingerprint density at radius 3 is 1.61 bits per heavy atom. The molecule has 0 amide bonds. The number of hydrogen-bond donors (Lipinski definition) is 0. The first-order valence-corrected chi connectivity index (χ1v) is 4.45. The highest BCUT2D eigenvalue weighted by Gasteiger charge is 2.75. The van der Waals surface area contributed by atoms with Crippen LogP contribution < -0.4 is 0 Å². The summed E-state index contributed by atoms with van der Waals surface area (Å²) >= 11 is 0. The average molecular weight is 282 g/mol. The number of rotatable bonds is 2. The fraction of sp³-hybridized carbons (Fsp3) is 0.750. The summed E-state index contributed by atoms with van der Waals surface area (Å²) in [6.07, 6.45) is -9.25. The van der Waals surface area contributed by atoms with Crippen molar-refractivity contribution in [2.45, 2.75) is 30.9 Å². The van der Waals surface area contributed by atoms with Crippen LogP contribution in [0.2, 0.25) is 0 Å². The van der Waals surface area contributed by atoms with E-state index in [0.717, 1.165) is 0 Å². The van der Waals surface area contributed by atoms with Gasteiger partial charge in [-0.3, -0.25) is 9.59 Å². The van der Waals surface area contributed by atoms with Gasteiger partial charge in [-0.2, -0.15) is 30.7 Å². The second-order valence-electron chi connectivity index (χ2n) is 3.65. The van der Waals surface area contributed by atoms with Gasteiger partial charge in [0.2, 0.25) is 0 Å². The lowest BCUT2D eigenvalue weighted by Crippen LogP contribution is -2.57. The van der Waals surface area contributed by atoms with Gasteiger partial charge in [0.05, 0.1) is 18.8 Å². The molecule has 0 atom stereocenters. The van der Waals surface area contributed by atoms with E-state index in [-0.39, 0.29) is 0 Å². The molecule has 1 aliphatic rings. The van der Waals surface area contributed by atoms with E-state index in [1.807, 2.05) is 0 Å². The van der Waals surface area contributed by atoms with Crippen LogP contribution >= 0.6 is 0 Å². The first-order valence-electron chi connectivity index (χ1n) is 4.45. The number of hydrogen-bond acceptors (Lipinski definition) is 3. The molecule has 0 saturated carbocycles. The third-order valence-corrected chi connectivity index (χ3v) is 2.34. The maximum atomic E-state index is 13.1. The molecular formula is C8H5F7O3. The van der Waals surface area contributed by atoms with Gasteiger partial charge in [0.1, 0.15) is 0 Å². The molecule has 0 aliphatic carbocycles. The summed E-state index contributed by atoms with van der Waals surface area (Å²) in [5.41, 5.74) is 0. The molecule has 1 saturated heterocycles. The van der Waals surface area contributed by atoms with E-state index in [4.69, 9.17) is 0 Å². The lowest BCUT2D eigenvalue weighted by Gasteiger charge is -2.34. The molecule has 0 aromatic heterocycles. The van der Waals surface area contributed by atoms with Crippen molar-refractivity contribution in [2.75, 3.05) is 0 Å². The van der Waals surface area contributed by atoms with E-state index < -0.39 is 48.7 Å². The Morgan fingerprint density at radius 2 is 1.28 bits per heavy atom. The molecule has 104 valence electrons. The Labute approximate surface area is 94.9 Å². The molecule has 0 aromatic rings. The number of alkyl halides is 7. The Kier molecular flexibility index (Phi) is 3.34. The van der Waals surface area contributed by atoms with Crippen LogP contribution in [-0.2, 0) is 14.3 Å². The summed E-state index contributed by atoms with van der Waals surface area (Å²) in [7, 11) is 0. The van der Waals surface area contributed by atoms with Crippen LogP contribution in [0.25, 0.3) is 0 Å². The summed E-state index contributed by atoms with van der Waals surface area (Å²) in [5, 5.41) is 0. The molecule has 1 aliphatic heterocycles. The molecule has 1 fully saturated rings. The van der Waals surface area contributed by atoms with Gasteiger partial charge in [-0.15, -0.1) is 0 Å². The van der Waals surface area contributed by atoms with Gasteiger partial charge in [-0.1, -0.05) is 0 Å². The van der Waals surface area contributed by atoms with E-state index >= 15 is 0 Å². The number of halogens is 7. The molecule has 0 N–H and O–H groups in total. The number of carbonyl (C=O) groups is 2. The predicted molar refractivity (Wildman–Crippen MR) is 39.8 cm³/mol. The zero-order chi connectivity index (χ0) is 14.4. The van der Waals surface area contributed by atoms with E-state index in [1.54, 1.807) is 0 Å². The van der Waals surface area contributed by atoms with Gasteiger partial charge in [-0.25, -0.2) is 0 Å². The molecule has 0 unspecified atom stereocenters. The summed E-state index contributed by atoms with van der Waals surface area (Å²) in [6.45, 7) is 0. The summed E-state index contributed by atoms with van der Waals surface area (Å²) in [6, 6.07) is 0. The number of cyclic esters (lactones) is 2. The van der Waals surface area contributed by atoms with E-state index in [2.05, 4.69) is 4.74 Å². The van der Waals surface area contributed by atoms with Crippen molar-refractivity contribution < 1.29 is 45.1 Å². The first-order chi connectivity index (χ1) is 7.89. The van der Waals surface area contributed by atoms with Crippen LogP contribution in [-0.4, -0.2) is 30.0 Å². The topological polar surface area (TPSA) is 43.4 Å². The minimum atomic E-state index is -6.49. The van der Waals surface area contributed by atoms with Gasteiger partial charge in [0, 0.05) is 0 Å². The standard InChI is InChI=1S/C8H5F7O3/c9-6(10,7(11,12)8(13,14)15)3-1-4(16)18-5(17)2-3/h3H,1-2H2. The summed E-state index contributed by atoms with van der Waals surface area (Å²) in [4.78, 5) is 21.2. The van der Waals surface area contributed by atoms with Gasteiger partial charge in [-0.05, 0) is 0 Å². The maximum absolute atomic E-state index is 13.1. The molecule has 1 rings (SSSR count). The van der Waals surface area contributed by atoms with Crippen LogP contribution in [0.5, 0.6) is 0 Å². The minimum absolute atomic E-state index is 1.38. The highest BCUT2D eigenvalue weighted by molar-refractivity contribution is 5.88. The number of ether oxygens (including phenoxy) is 1. The molecule has 0 aromatic carbocycles. The van der Waals surface area contributed by atoms with Crippen molar-refractivity contribution in [1.82, 2.24) is 0 Å². The molecule has 18 heavy (non-hydrogen) atoms. The molecule has 3 nitrogen and oxygen atoms in total. The van der Waals surface area contributed by atoms with Gasteiger partial charge in [0.15, 0.2) is 0 Å². The fourth-order valence-corrected chi connectivity index (χ4v) is 1.39. The largest absolute Gasteiger partial charge is 0.459 e.